The number of rotatable bonds is 4. The third-order valence-corrected chi connectivity index (χ3v) is 4.50. The summed E-state index contributed by atoms with van der Waals surface area (Å²) in [5, 5.41) is 8.56. The van der Waals surface area contributed by atoms with E-state index in [9.17, 15) is 12.8 Å². The number of aliphatic hydroxyl groups excluding tert-OH is 1. The minimum absolute atomic E-state index is 0.0436. The molecule has 1 aliphatic heterocycles. The first-order valence-corrected chi connectivity index (χ1v) is 8.02. The van der Waals surface area contributed by atoms with Crippen molar-refractivity contribution in [2.24, 2.45) is 0 Å². The van der Waals surface area contributed by atoms with Gasteiger partial charge in [-0.2, -0.15) is 0 Å². The van der Waals surface area contributed by atoms with Gasteiger partial charge in [0, 0.05) is 13.2 Å². The van der Waals surface area contributed by atoms with Gasteiger partial charge in [0.1, 0.15) is 12.4 Å². The van der Waals surface area contributed by atoms with Gasteiger partial charge in [-0.1, -0.05) is 11.8 Å². The van der Waals surface area contributed by atoms with E-state index in [4.69, 9.17) is 9.84 Å². The smallest absolute Gasteiger partial charge is 0.240 e. The maximum Gasteiger partial charge on any atom is 0.240 e. The van der Waals surface area contributed by atoms with Gasteiger partial charge in [-0.15, -0.1) is 0 Å². The molecule has 1 unspecified atom stereocenters. The van der Waals surface area contributed by atoms with Crippen molar-refractivity contribution in [3.63, 3.8) is 0 Å². The molecule has 1 aromatic carbocycles. The van der Waals surface area contributed by atoms with Crippen molar-refractivity contribution in [3.8, 4) is 11.8 Å². The second-order valence-electron chi connectivity index (χ2n) is 4.59. The van der Waals surface area contributed by atoms with Crippen LogP contribution >= 0.6 is 0 Å². The predicted octanol–water partition coefficient (Wildman–Crippen LogP) is 0.627. The van der Waals surface area contributed by atoms with Crippen LogP contribution in [0.1, 0.15) is 18.4 Å². The van der Waals surface area contributed by atoms with Crippen molar-refractivity contribution in [1.29, 1.82) is 0 Å². The number of nitrogens with one attached hydrogen (secondary N) is 1. The Bertz CT molecular complexity index is 657. The molecule has 5 nitrogen and oxygen atoms in total. The average molecular weight is 313 g/mol. The number of ether oxygens (including phenoxy) is 1. The van der Waals surface area contributed by atoms with Crippen molar-refractivity contribution >= 4 is 10.0 Å². The molecule has 2 rings (SSSR count). The maximum atomic E-state index is 13.7. The zero-order valence-electron chi connectivity index (χ0n) is 11.3. The Morgan fingerprint density at radius 3 is 2.90 bits per heavy atom. The minimum Gasteiger partial charge on any atom is -0.384 e. The second-order valence-corrected chi connectivity index (χ2v) is 6.36. The Morgan fingerprint density at radius 1 is 1.48 bits per heavy atom. The molecule has 1 saturated heterocycles. The lowest BCUT2D eigenvalue weighted by atomic mass is 10.2. The minimum atomic E-state index is -3.78. The Kier molecular flexibility index (Phi) is 5.31. The van der Waals surface area contributed by atoms with E-state index < -0.39 is 15.8 Å². The van der Waals surface area contributed by atoms with Crippen LogP contribution in [-0.4, -0.2) is 39.4 Å². The summed E-state index contributed by atoms with van der Waals surface area (Å²) >= 11 is 0. The first-order valence-electron chi connectivity index (χ1n) is 6.53. The fraction of sp³-hybridized carbons (Fsp3) is 0.429. The molecule has 0 amide bonds. The van der Waals surface area contributed by atoms with Gasteiger partial charge >= 0.3 is 0 Å². The van der Waals surface area contributed by atoms with Crippen molar-refractivity contribution in [3.05, 3.63) is 29.6 Å². The summed E-state index contributed by atoms with van der Waals surface area (Å²) in [4.78, 5) is -0.160. The molecule has 1 atom stereocenters. The summed E-state index contributed by atoms with van der Waals surface area (Å²) in [5.41, 5.74) is 0.0436. The quantitative estimate of drug-likeness (QED) is 0.799. The van der Waals surface area contributed by atoms with Crippen LogP contribution in [0.15, 0.2) is 23.1 Å². The fourth-order valence-corrected chi connectivity index (χ4v) is 3.07. The highest BCUT2D eigenvalue weighted by Gasteiger charge is 2.20. The summed E-state index contributed by atoms with van der Waals surface area (Å²) in [5.74, 6) is 3.98. The van der Waals surface area contributed by atoms with E-state index in [-0.39, 0.29) is 29.7 Å². The van der Waals surface area contributed by atoms with Crippen LogP contribution in [0.4, 0.5) is 4.39 Å². The fourth-order valence-electron chi connectivity index (χ4n) is 1.99. The number of hydrogen-bond donors (Lipinski definition) is 2. The second kappa shape index (κ2) is 7.00. The highest BCUT2D eigenvalue weighted by molar-refractivity contribution is 7.89. The van der Waals surface area contributed by atoms with Gasteiger partial charge in [-0.3, -0.25) is 0 Å². The van der Waals surface area contributed by atoms with Crippen molar-refractivity contribution in [2.75, 3.05) is 19.8 Å². The number of aliphatic hydroxyl groups is 1. The van der Waals surface area contributed by atoms with Crippen molar-refractivity contribution < 1.29 is 22.7 Å². The average Bonchev–Trinajstić information content (AvgIpc) is 2.97. The Morgan fingerprint density at radius 2 is 2.29 bits per heavy atom. The van der Waals surface area contributed by atoms with E-state index in [0.29, 0.717) is 6.61 Å². The molecule has 0 saturated carbocycles. The van der Waals surface area contributed by atoms with E-state index in [0.717, 1.165) is 18.9 Å². The normalized spacial score (nSPS) is 18.3. The molecule has 7 heteroatoms. The van der Waals surface area contributed by atoms with Gasteiger partial charge in [0.05, 0.1) is 16.6 Å². The molecule has 1 fully saturated rings. The van der Waals surface area contributed by atoms with E-state index in [1.54, 1.807) is 0 Å². The molecule has 2 N–H and O–H groups in total. The van der Waals surface area contributed by atoms with Crippen LogP contribution in [0.5, 0.6) is 0 Å². The highest BCUT2D eigenvalue weighted by atomic mass is 32.2. The zero-order valence-corrected chi connectivity index (χ0v) is 12.1. The van der Waals surface area contributed by atoms with E-state index in [1.807, 2.05) is 0 Å². The number of benzene rings is 1. The van der Waals surface area contributed by atoms with Crippen molar-refractivity contribution in [2.45, 2.75) is 23.8 Å². The molecular weight excluding hydrogens is 297 g/mol. The molecule has 1 aromatic rings. The van der Waals surface area contributed by atoms with Crippen LogP contribution in [0, 0.1) is 17.7 Å². The Labute approximate surface area is 123 Å². The molecular formula is C14H16FNO4S. The van der Waals surface area contributed by atoms with Gasteiger partial charge in [-0.05, 0) is 31.0 Å². The maximum absolute atomic E-state index is 13.7. The van der Waals surface area contributed by atoms with E-state index >= 15 is 0 Å². The van der Waals surface area contributed by atoms with Gasteiger partial charge < -0.3 is 9.84 Å². The van der Waals surface area contributed by atoms with Crippen LogP contribution in [0.2, 0.25) is 0 Å². The highest BCUT2D eigenvalue weighted by Crippen LogP contribution is 2.16. The van der Waals surface area contributed by atoms with Crippen LogP contribution in [0.3, 0.4) is 0 Å². The van der Waals surface area contributed by atoms with Gasteiger partial charge in [0.25, 0.3) is 0 Å². The number of sulfonamides is 1. The zero-order chi connectivity index (χ0) is 15.3. The predicted molar refractivity (Wildman–Crippen MR) is 74.5 cm³/mol. The van der Waals surface area contributed by atoms with Crippen LogP contribution < -0.4 is 4.72 Å². The van der Waals surface area contributed by atoms with Crippen LogP contribution in [0.25, 0.3) is 0 Å². The lowest BCUT2D eigenvalue weighted by molar-refractivity contribution is 0.114. The largest absolute Gasteiger partial charge is 0.384 e. The third kappa shape index (κ3) is 4.25. The SMILES string of the molecule is O=S(=O)(NCC1CCCO1)c1ccc(C#CCO)c(F)c1. The van der Waals surface area contributed by atoms with Gasteiger partial charge in [-0.25, -0.2) is 17.5 Å². The molecule has 21 heavy (non-hydrogen) atoms. The Hall–Kier alpha value is -1.46. The summed E-state index contributed by atoms with van der Waals surface area (Å²) in [6.45, 7) is 0.428. The van der Waals surface area contributed by atoms with E-state index in [2.05, 4.69) is 16.6 Å². The molecule has 0 aromatic heterocycles. The summed E-state index contributed by atoms with van der Waals surface area (Å²) in [6.07, 6.45) is 1.60. The molecule has 1 heterocycles. The number of halogens is 1. The van der Waals surface area contributed by atoms with Gasteiger partial charge in [0.15, 0.2) is 0 Å². The van der Waals surface area contributed by atoms with Gasteiger partial charge in [0.2, 0.25) is 10.0 Å². The summed E-state index contributed by atoms with van der Waals surface area (Å²) < 4.78 is 45.6. The first-order chi connectivity index (χ1) is 10.0. The molecule has 1 aliphatic rings. The molecule has 0 aliphatic carbocycles. The summed E-state index contributed by atoms with van der Waals surface area (Å²) in [7, 11) is -3.78. The molecule has 0 radical (unpaired) electrons. The molecule has 0 bridgehead atoms. The third-order valence-electron chi connectivity index (χ3n) is 3.08. The lowest BCUT2D eigenvalue weighted by Gasteiger charge is -2.11. The molecule has 114 valence electrons. The number of hydrogen-bond acceptors (Lipinski definition) is 4. The Balaban J connectivity index is 2.10. The lowest BCUT2D eigenvalue weighted by Crippen LogP contribution is -2.31. The van der Waals surface area contributed by atoms with Crippen LogP contribution in [-0.2, 0) is 14.8 Å². The first kappa shape index (κ1) is 15.9. The van der Waals surface area contributed by atoms with E-state index in [1.165, 1.54) is 12.1 Å². The standard InChI is InChI=1S/C14H16FNO4S/c15-14-9-13(6-5-11(14)3-1-7-17)21(18,19)16-10-12-4-2-8-20-12/h5-6,9,12,16-17H,2,4,7-8,10H2. The van der Waals surface area contributed by atoms with Crippen molar-refractivity contribution in [1.82, 2.24) is 4.72 Å². The summed E-state index contributed by atoms with van der Waals surface area (Å²) in [6, 6.07) is 3.47. The topological polar surface area (TPSA) is 75.6 Å². The molecule has 0 spiro atoms. The monoisotopic (exact) mass is 313 g/mol.